The minimum Gasteiger partial charge on any atom is -0.309 e. The SMILES string of the molecule is c1ccc(C(c2cccnc2)N2CCn3c(nnc3-c3cncnc3)C2)cc1. The lowest BCUT2D eigenvalue weighted by atomic mass is 9.98. The summed E-state index contributed by atoms with van der Waals surface area (Å²) in [5, 5.41) is 8.85. The zero-order valence-corrected chi connectivity index (χ0v) is 15.3. The van der Waals surface area contributed by atoms with E-state index in [1.807, 2.05) is 24.5 Å². The van der Waals surface area contributed by atoms with E-state index in [9.17, 15) is 0 Å². The maximum atomic E-state index is 4.45. The van der Waals surface area contributed by atoms with Crippen molar-refractivity contribution in [2.45, 2.75) is 19.1 Å². The van der Waals surface area contributed by atoms with E-state index in [2.05, 4.69) is 64.9 Å². The number of nitrogens with zero attached hydrogens (tertiary/aromatic N) is 7. The van der Waals surface area contributed by atoms with Crippen molar-refractivity contribution in [2.75, 3.05) is 6.54 Å². The van der Waals surface area contributed by atoms with E-state index in [0.29, 0.717) is 0 Å². The molecule has 0 radical (unpaired) electrons. The number of fused-ring (bicyclic) bond motifs is 1. The predicted molar refractivity (Wildman–Crippen MR) is 104 cm³/mol. The van der Waals surface area contributed by atoms with E-state index in [1.54, 1.807) is 12.4 Å². The molecular formula is C21H19N7. The maximum Gasteiger partial charge on any atom is 0.167 e. The average molecular weight is 369 g/mol. The summed E-state index contributed by atoms with van der Waals surface area (Å²) in [4.78, 5) is 15.0. The van der Waals surface area contributed by atoms with Gasteiger partial charge in [0.25, 0.3) is 0 Å². The van der Waals surface area contributed by atoms with Crippen LogP contribution in [-0.4, -0.2) is 41.2 Å². The van der Waals surface area contributed by atoms with Crippen molar-refractivity contribution >= 4 is 0 Å². The molecule has 3 aromatic heterocycles. The molecule has 4 aromatic rings. The Morgan fingerprint density at radius 3 is 2.39 bits per heavy atom. The van der Waals surface area contributed by atoms with Gasteiger partial charge in [0.05, 0.1) is 18.2 Å². The van der Waals surface area contributed by atoms with Crippen LogP contribution in [0.15, 0.2) is 73.6 Å². The van der Waals surface area contributed by atoms with E-state index >= 15 is 0 Å². The molecule has 0 bridgehead atoms. The van der Waals surface area contributed by atoms with Gasteiger partial charge < -0.3 is 4.57 Å². The summed E-state index contributed by atoms with van der Waals surface area (Å²) >= 11 is 0. The van der Waals surface area contributed by atoms with Crippen LogP contribution in [0.2, 0.25) is 0 Å². The summed E-state index contributed by atoms with van der Waals surface area (Å²) in [6.45, 7) is 2.42. The van der Waals surface area contributed by atoms with Gasteiger partial charge in [-0.2, -0.15) is 0 Å². The first-order valence-corrected chi connectivity index (χ1v) is 9.26. The van der Waals surface area contributed by atoms with E-state index in [0.717, 1.165) is 36.8 Å². The van der Waals surface area contributed by atoms with Crippen molar-refractivity contribution in [1.82, 2.24) is 34.6 Å². The van der Waals surface area contributed by atoms with Gasteiger partial charge in [0, 0.05) is 37.9 Å². The number of pyridine rings is 1. The molecule has 1 unspecified atom stereocenters. The second-order valence-electron chi connectivity index (χ2n) is 6.79. The first kappa shape index (κ1) is 16.7. The highest BCUT2D eigenvalue weighted by Crippen LogP contribution is 2.32. The number of hydrogen-bond acceptors (Lipinski definition) is 6. The lowest BCUT2D eigenvalue weighted by molar-refractivity contribution is 0.176. The monoisotopic (exact) mass is 369 g/mol. The molecule has 0 amide bonds. The van der Waals surface area contributed by atoms with Crippen LogP contribution < -0.4 is 0 Å². The van der Waals surface area contributed by atoms with Gasteiger partial charge in [-0.1, -0.05) is 36.4 Å². The predicted octanol–water partition coefficient (Wildman–Crippen LogP) is 2.74. The van der Waals surface area contributed by atoms with Crippen molar-refractivity contribution in [2.24, 2.45) is 0 Å². The van der Waals surface area contributed by atoms with Gasteiger partial charge in [0.1, 0.15) is 12.2 Å². The Bertz CT molecular complexity index is 1010. The molecule has 1 aliphatic heterocycles. The molecule has 0 fully saturated rings. The van der Waals surface area contributed by atoms with Gasteiger partial charge in [0.2, 0.25) is 0 Å². The topological polar surface area (TPSA) is 72.6 Å². The summed E-state index contributed by atoms with van der Waals surface area (Å²) in [5.41, 5.74) is 3.32. The Kier molecular flexibility index (Phi) is 4.34. The summed E-state index contributed by atoms with van der Waals surface area (Å²) in [5.74, 6) is 1.78. The quantitative estimate of drug-likeness (QED) is 0.551. The Morgan fingerprint density at radius 2 is 1.61 bits per heavy atom. The van der Waals surface area contributed by atoms with Gasteiger partial charge in [-0.05, 0) is 17.2 Å². The summed E-state index contributed by atoms with van der Waals surface area (Å²) < 4.78 is 2.17. The number of aromatic nitrogens is 6. The fourth-order valence-corrected chi connectivity index (χ4v) is 3.81. The molecule has 1 aromatic carbocycles. The molecular weight excluding hydrogens is 350 g/mol. The third-order valence-electron chi connectivity index (χ3n) is 5.08. The molecule has 138 valence electrons. The van der Waals surface area contributed by atoms with Crippen LogP contribution in [0, 0.1) is 0 Å². The van der Waals surface area contributed by atoms with E-state index < -0.39 is 0 Å². The average Bonchev–Trinajstić information content (AvgIpc) is 3.19. The zero-order valence-electron chi connectivity index (χ0n) is 15.3. The molecule has 1 atom stereocenters. The number of benzene rings is 1. The highest BCUT2D eigenvalue weighted by atomic mass is 15.3. The fraction of sp³-hybridized carbons (Fsp3) is 0.190. The third-order valence-corrected chi connectivity index (χ3v) is 5.08. The molecule has 4 heterocycles. The summed E-state index contributed by atoms with van der Waals surface area (Å²) in [6, 6.07) is 14.8. The highest BCUT2D eigenvalue weighted by molar-refractivity contribution is 5.52. The maximum absolute atomic E-state index is 4.45. The summed E-state index contributed by atoms with van der Waals surface area (Å²) in [6.07, 6.45) is 8.84. The van der Waals surface area contributed by atoms with Gasteiger partial charge >= 0.3 is 0 Å². The van der Waals surface area contributed by atoms with Crippen LogP contribution in [0.1, 0.15) is 23.0 Å². The van der Waals surface area contributed by atoms with Crippen molar-refractivity contribution in [3.8, 4) is 11.4 Å². The van der Waals surface area contributed by atoms with Crippen LogP contribution in [0.25, 0.3) is 11.4 Å². The first-order valence-electron chi connectivity index (χ1n) is 9.26. The molecule has 7 heteroatoms. The van der Waals surface area contributed by atoms with Crippen LogP contribution in [0.5, 0.6) is 0 Å². The first-order chi connectivity index (χ1) is 13.9. The molecule has 0 saturated heterocycles. The molecule has 1 aliphatic rings. The zero-order chi connectivity index (χ0) is 18.8. The molecule has 0 saturated carbocycles. The third kappa shape index (κ3) is 3.05. The van der Waals surface area contributed by atoms with Crippen molar-refractivity contribution in [3.05, 3.63) is 90.5 Å². The van der Waals surface area contributed by atoms with E-state index in [1.165, 1.54) is 17.5 Å². The normalized spacial score (nSPS) is 15.1. The highest BCUT2D eigenvalue weighted by Gasteiger charge is 2.29. The standard InChI is InChI=1S/C21H19N7/c1-2-5-16(6-3-1)20(17-7-4-8-22-11-17)27-9-10-28-19(14-27)25-26-21(28)18-12-23-15-24-13-18/h1-8,11-13,15,20H,9-10,14H2. The molecule has 0 spiro atoms. The largest absolute Gasteiger partial charge is 0.309 e. The van der Waals surface area contributed by atoms with E-state index in [4.69, 9.17) is 0 Å². The minimum absolute atomic E-state index is 0.129. The fourth-order valence-electron chi connectivity index (χ4n) is 3.81. The Morgan fingerprint density at radius 1 is 0.786 bits per heavy atom. The van der Waals surface area contributed by atoms with Gasteiger partial charge in [-0.15, -0.1) is 10.2 Å². The lowest BCUT2D eigenvalue weighted by Gasteiger charge is -2.35. The Balaban J connectivity index is 1.49. The van der Waals surface area contributed by atoms with Gasteiger partial charge in [-0.25, -0.2) is 9.97 Å². The Hall–Kier alpha value is -3.45. The molecule has 0 aliphatic carbocycles. The number of hydrogen-bond donors (Lipinski definition) is 0. The molecule has 0 N–H and O–H groups in total. The van der Waals surface area contributed by atoms with Crippen LogP contribution in [0.3, 0.4) is 0 Å². The van der Waals surface area contributed by atoms with Gasteiger partial charge in [-0.3, -0.25) is 9.88 Å². The van der Waals surface area contributed by atoms with Gasteiger partial charge in [0.15, 0.2) is 5.82 Å². The van der Waals surface area contributed by atoms with Crippen LogP contribution in [0.4, 0.5) is 0 Å². The van der Waals surface area contributed by atoms with Crippen molar-refractivity contribution in [1.29, 1.82) is 0 Å². The van der Waals surface area contributed by atoms with Crippen molar-refractivity contribution < 1.29 is 0 Å². The van der Waals surface area contributed by atoms with Crippen LogP contribution >= 0.6 is 0 Å². The second-order valence-corrected chi connectivity index (χ2v) is 6.79. The summed E-state index contributed by atoms with van der Waals surface area (Å²) in [7, 11) is 0. The van der Waals surface area contributed by atoms with Crippen molar-refractivity contribution in [3.63, 3.8) is 0 Å². The minimum atomic E-state index is 0.129. The number of rotatable bonds is 4. The molecule has 7 nitrogen and oxygen atoms in total. The molecule has 28 heavy (non-hydrogen) atoms. The smallest absolute Gasteiger partial charge is 0.167 e. The molecule has 5 rings (SSSR count). The van der Waals surface area contributed by atoms with E-state index in [-0.39, 0.29) is 6.04 Å². The Labute approximate surface area is 162 Å². The lowest BCUT2D eigenvalue weighted by Crippen LogP contribution is -2.37. The second kappa shape index (κ2) is 7.28. The van der Waals surface area contributed by atoms with Crippen LogP contribution in [-0.2, 0) is 13.1 Å².